The van der Waals surface area contributed by atoms with Gasteiger partial charge in [0.05, 0.1) is 52.8 Å². The minimum absolute atomic E-state index is 0.0224. The first-order valence-electron chi connectivity index (χ1n) is 12.3. The van der Waals surface area contributed by atoms with Crippen molar-refractivity contribution in [2.45, 2.75) is 33.3 Å². The fourth-order valence-corrected chi connectivity index (χ4v) is 8.73. The van der Waals surface area contributed by atoms with Gasteiger partial charge >= 0.3 is 0 Å². The number of para-hydroxylation sites is 2. The second kappa shape index (κ2) is 8.92. The third-order valence-corrected chi connectivity index (χ3v) is 10.1. The van der Waals surface area contributed by atoms with Crippen molar-refractivity contribution in [2.75, 3.05) is 15.6 Å². The quantitative estimate of drug-likeness (QED) is 0.283. The summed E-state index contributed by atoms with van der Waals surface area (Å²) in [6.45, 7) is 0. The molecule has 3 unspecified atom stereocenters. The topological polar surface area (TPSA) is 54.1 Å². The normalized spacial score (nSPS) is 23.2. The van der Waals surface area contributed by atoms with Gasteiger partial charge in [0.15, 0.2) is 0 Å². The van der Waals surface area contributed by atoms with Crippen LogP contribution in [0.5, 0.6) is 0 Å². The SMILES string of the molecule is N#Cc1ccc(C2C(c3ccc(C#N)cc3)N3c4ccccc4SC[C@@H]3C3Sc4ccccc4N23)cc1. The van der Waals surface area contributed by atoms with Crippen LogP contribution in [-0.4, -0.2) is 17.2 Å². The van der Waals surface area contributed by atoms with Gasteiger partial charge in [-0.15, -0.1) is 11.8 Å². The van der Waals surface area contributed by atoms with Gasteiger partial charge < -0.3 is 9.80 Å². The summed E-state index contributed by atoms with van der Waals surface area (Å²) in [6.07, 6.45) is 0. The highest BCUT2D eigenvalue weighted by Gasteiger charge is 2.53. The van der Waals surface area contributed by atoms with Crippen molar-refractivity contribution in [1.82, 2.24) is 0 Å². The van der Waals surface area contributed by atoms with E-state index < -0.39 is 0 Å². The predicted octanol–water partition coefficient (Wildman–Crippen LogP) is 7.15. The zero-order chi connectivity index (χ0) is 24.9. The average Bonchev–Trinajstić information content (AvgIpc) is 3.36. The van der Waals surface area contributed by atoms with Gasteiger partial charge in [0.2, 0.25) is 0 Å². The number of hydrogen-bond donors (Lipinski definition) is 0. The summed E-state index contributed by atoms with van der Waals surface area (Å²) in [4.78, 5) is 7.90. The molecule has 0 amide bonds. The van der Waals surface area contributed by atoms with E-state index in [4.69, 9.17) is 0 Å². The number of benzene rings is 4. The van der Waals surface area contributed by atoms with Gasteiger partial charge in [-0.2, -0.15) is 10.5 Å². The molecule has 0 radical (unpaired) electrons. The maximum Gasteiger partial charge on any atom is 0.102 e. The third-order valence-electron chi connectivity index (χ3n) is 7.57. The molecule has 6 heteroatoms. The number of fused-ring (bicyclic) bond motifs is 7. The van der Waals surface area contributed by atoms with E-state index in [9.17, 15) is 10.5 Å². The molecule has 3 heterocycles. The monoisotopic (exact) mass is 514 g/mol. The van der Waals surface area contributed by atoms with Gasteiger partial charge in [-0.3, -0.25) is 0 Å². The molecule has 1 saturated heterocycles. The highest BCUT2D eigenvalue weighted by atomic mass is 32.2. The average molecular weight is 515 g/mol. The predicted molar refractivity (Wildman–Crippen MR) is 150 cm³/mol. The molecule has 7 rings (SSSR count). The Morgan fingerprint density at radius 1 is 0.622 bits per heavy atom. The van der Waals surface area contributed by atoms with Crippen molar-refractivity contribution >= 4 is 34.9 Å². The van der Waals surface area contributed by atoms with Crippen LogP contribution in [0.15, 0.2) is 107 Å². The second-order valence-electron chi connectivity index (χ2n) is 9.49. The molecule has 4 aromatic carbocycles. The molecular weight excluding hydrogens is 493 g/mol. The summed E-state index contributed by atoms with van der Waals surface area (Å²) in [5.74, 6) is 1.01. The van der Waals surface area contributed by atoms with Crippen LogP contribution >= 0.6 is 23.5 Å². The van der Waals surface area contributed by atoms with E-state index in [-0.39, 0.29) is 17.5 Å². The lowest BCUT2D eigenvalue weighted by atomic mass is 9.85. The van der Waals surface area contributed by atoms with E-state index in [1.54, 1.807) is 0 Å². The Balaban J connectivity index is 1.49. The smallest absolute Gasteiger partial charge is 0.102 e. The van der Waals surface area contributed by atoms with Crippen LogP contribution in [0.3, 0.4) is 0 Å². The fourth-order valence-electron chi connectivity index (χ4n) is 5.97. The highest BCUT2D eigenvalue weighted by Crippen LogP contribution is 2.60. The van der Waals surface area contributed by atoms with Crippen molar-refractivity contribution in [2.24, 2.45) is 0 Å². The van der Waals surface area contributed by atoms with Crippen molar-refractivity contribution in [1.29, 1.82) is 10.5 Å². The van der Waals surface area contributed by atoms with Crippen LogP contribution in [-0.2, 0) is 0 Å². The van der Waals surface area contributed by atoms with Crippen LogP contribution in [0.4, 0.5) is 11.4 Å². The Labute approximate surface area is 225 Å². The largest absolute Gasteiger partial charge is 0.354 e. The minimum Gasteiger partial charge on any atom is -0.354 e. The van der Waals surface area contributed by atoms with E-state index >= 15 is 0 Å². The zero-order valence-electron chi connectivity index (χ0n) is 19.9. The summed E-state index contributed by atoms with van der Waals surface area (Å²) in [5.41, 5.74) is 6.25. The fraction of sp³-hybridized carbons (Fsp3) is 0.161. The van der Waals surface area contributed by atoms with E-state index in [2.05, 4.69) is 94.7 Å². The molecule has 37 heavy (non-hydrogen) atoms. The number of rotatable bonds is 2. The zero-order valence-corrected chi connectivity index (χ0v) is 21.5. The summed E-state index contributed by atoms with van der Waals surface area (Å²) >= 11 is 3.91. The molecular formula is C31H22N4S2. The number of anilines is 2. The Kier molecular flexibility index (Phi) is 5.39. The molecule has 0 bridgehead atoms. The maximum atomic E-state index is 9.47. The molecule has 178 valence electrons. The van der Waals surface area contributed by atoms with E-state index in [1.165, 1.54) is 32.3 Å². The molecule has 4 nitrogen and oxygen atoms in total. The van der Waals surface area contributed by atoms with Gasteiger partial charge in [-0.25, -0.2) is 0 Å². The van der Waals surface area contributed by atoms with Crippen LogP contribution in [0.25, 0.3) is 0 Å². The van der Waals surface area contributed by atoms with Gasteiger partial charge in [0.25, 0.3) is 0 Å². The molecule has 3 aliphatic heterocycles. The maximum absolute atomic E-state index is 9.47. The summed E-state index contributed by atoms with van der Waals surface area (Å²) in [5, 5.41) is 19.2. The van der Waals surface area contributed by atoms with E-state index in [0.29, 0.717) is 17.2 Å². The van der Waals surface area contributed by atoms with Crippen LogP contribution < -0.4 is 9.80 Å². The van der Waals surface area contributed by atoms with Gasteiger partial charge in [-0.05, 0) is 59.7 Å². The standard InChI is InChI=1S/C31H22N4S2/c32-17-20-9-13-22(14-10-20)29-30(23-15-11-21(18-33)12-16-23)35-25-6-2-4-8-28(25)37-31(35)26-19-36-27-7-3-1-5-24(27)34(26)29/h1-16,26,29-31H,19H2/t26-,29?,30?,31?/m1/s1. The Hall–Kier alpha value is -3.84. The van der Waals surface area contributed by atoms with Crippen molar-refractivity contribution in [3.8, 4) is 12.1 Å². The number of thioether (sulfide) groups is 2. The van der Waals surface area contributed by atoms with Crippen LogP contribution in [0.2, 0.25) is 0 Å². The lowest BCUT2D eigenvalue weighted by Gasteiger charge is -2.57. The van der Waals surface area contributed by atoms with Gasteiger partial charge in [0, 0.05) is 15.5 Å². The van der Waals surface area contributed by atoms with Crippen molar-refractivity contribution in [3.63, 3.8) is 0 Å². The van der Waals surface area contributed by atoms with E-state index in [1.807, 2.05) is 47.8 Å². The molecule has 4 aromatic rings. The number of nitrogens with zero attached hydrogens (tertiary/aromatic N) is 4. The summed E-state index contributed by atoms with van der Waals surface area (Å²) < 4.78 is 0. The van der Waals surface area contributed by atoms with Crippen LogP contribution in [0, 0.1) is 22.7 Å². The van der Waals surface area contributed by atoms with Crippen LogP contribution in [0.1, 0.15) is 34.3 Å². The third kappa shape index (κ3) is 3.52. The lowest BCUT2D eigenvalue weighted by molar-refractivity contribution is 0.368. The van der Waals surface area contributed by atoms with Crippen molar-refractivity contribution < 1.29 is 0 Å². The van der Waals surface area contributed by atoms with E-state index in [0.717, 1.165) is 5.75 Å². The highest BCUT2D eigenvalue weighted by molar-refractivity contribution is 8.01. The number of hydrogen-bond acceptors (Lipinski definition) is 6. The molecule has 0 aromatic heterocycles. The Bertz CT molecular complexity index is 1570. The molecule has 0 saturated carbocycles. The first-order valence-corrected chi connectivity index (χ1v) is 14.2. The van der Waals surface area contributed by atoms with Crippen molar-refractivity contribution in [3.05, 3.63) is 119 Å². The molecule has 0 aliphatic carbocycles. The molecule has 0 spiro atoms. The second-order valence-corrected chi connectivity index (χ2v) is 11.7. The Morgan fingerprint density at radius 3 is 1.73 bits per heavy atom. The molecule has 3 aliphatic rings. The summed E-state index contributed by atoms with van der Waals surface area (Å²) in [6, 6.07) is 38.6. The molecule has 4 atom stereocenters. The molecule has 0 N–H and O–H groups in total. The number of piperazine rings is 1. The van der Waals surface area contributed by atoms with Gasteiger partial charge in [-0.1, -0.05) is 60.3 Å². The Morgan fingerprint density at radius 2 is 1.14 bits per heavy atom. The first kappa shape index (κ1) is 22.4. The molecule has 1 fully saturated rings. The summed E-state index contributed by atoms with van der Waals surface area (Å²) in [7, 11) is 0. The minimum atomic E-state index is 0.0224. The van der Waals surface area contributed by atoms with Gasteiger partial charge in [0.1, 0.15) is 5.37 Å². The number of nitriles is 2. The lowest BCUT2D eigenvalue weighted by Crippen LogP contribution is -2.61. The first-order chi connectivity index (χ1) is 18.3.